The maximum Gasteiger partial charge on any atom is 0.298 e. The molecule has 1 saturated heterocycles. The van der Waals surface area contributed by atoms with Gasteiger partial charge in [0.1, 0.15) is 12.4 Å². The van der Waals surface area contributed by atoms with Gasteiger partial charge in [0.2, 0.25) is 0 Å². The van der Waals surface area contributed by atoms with Crippen LogP contribution < -0.4 is 9.64 Å². The molecule has 0 radical (unpaired) electrons. The third-order valence-corrected chi connectivity index (χ3v) is 7.06. The largest absolute Gasteiger partial charge is 0.489 e. The molecule has 0 atom stereocenters. The molecule has 0 saturated carbocycles. The first-order chi connectivity index (χ1) is 17.4. The number of aromatic nitrogens is 1. The second-order valence-electron chi connectivity index (χ2n) is 8.43. The van der Waals surface area contributed by atoms with E-state index in [1.165, 1.54) is 0 Å². The Kier molecular flexibility index (Phi) is 6.72. The molecule has 0 unspecified atom stereocenters. The Balaban J connectivity index is 1.36. The zero-order chi connectivity index (χ0) is 25.2. The van der Waals surface area contributed by atoms with Gasteiger partial charge in [-0.1, -0.05) is 48.0 Å². The maximum absolute atomic E-state index is 13.1. The molecule has 36 heavy (non-hydrogen) atoms. The molecule has 7 heteroatoms. The molecule has 2 heterocycles. The van der Waals surface area contributed by atoms with Gasteiger partial charge in [-0.25, -0.2) is 4.90 Å². The molecule has 0 bridgehead atoms. The van der Waals surface area contributed by atoms with E-state index in [4.69, 9.17) is 16.3 Å². The van der Waals surface area contributed by atoms with Crippen LogP contribution in [0.4, 0.5) is 10.5 Å². The van der Waals surface area contributed by atoms with Crippen LogP contribution in [-0.2, 0) is 11.4 Å². The molecule has 0 N–H and O–H groups in total. The van der Waals surface area contributed by atoms with Crippen molar-refractivity contribution in [1.82, 2.24) is 4.57 Å². The molecule has 5 rings (SSSR count). The van der Waals surface area contributed by atoms with E-state index >= 15 is 0 Å². The smallest absolute Gasteiger partial charge is 0.298 e. The number of hydrogen-bond acceptors (Lipinski definition) is 4. The normalized spacial score (nSPS) is 14.6. The first-order valence-corrected chi connectivity index (χ1v) is 12.6. The minimum atomic E-state index is -0.350. The summed E-state index contributed by atoms with van der Waals surface area (Å²) in [6.45, 7) is 4.53. The van der Waals surface area contributed by atoms with Gasteiger partial charge < -0.3 is 9.30 Å². The van der Waals surface area contributed by atoms with Crippen LogP contribution in [0.3, 0.4) is 0 Å². The van der Waals surface area contributed by atoms with E-state index < -0.39 is 0 Å². The maximum atomic E-state index is 13.1. The van der Waals surface area contributed by atoms with Crippen LogP contribution in [0.5, 0.6) is 5.75 Å². The van der Waals surface area contributed by atoms with Gasteiger partial charge in [-0.3, -0.25) is 9.59 Å². The number of carbonyl (C=O) groups excluding carboxylic acids is 2. The molecule has 4 aromatic rings. The number of carbonyl (C=O) groups is 2. The molecule has 2 amide bonds. The van der Waals surface area contributed by atoms with Crippen LogP contribution in [0.1, 0.15) is 22.5 Å². The van der Waals surface area contributed by atoms with Crippen molar-refractivity contribution in [3.05, 3.63) is 117 Å². The van der Waals surface area contributed by atoms with Crippen molar-refractivity contribution in [2.45, 2.75) is 20.5 Å². The second kappa shape index (κ2) is 10.1. The van der Waals surface area contributed by atoms with E-state index in [1.54, 1.807) is 30.3 Å². The molecule has 0 spiro atoms. The summed E-state index contributed by atoms with van der Waals surface area (Å²) in [4.78, 5) is 27.2. The standard InChI is InChI=1S/C29H23ClN2O3S/c1-19-15-22(16-27-28(33)32(29(34)36-27)25-10-6-9-23(30)17-25)20(2)31(19)24-11-13-26(14-12-24)35-18-21-7-4-3-5-8-21/h3-17H,18H2,1-2H3/b27-16+. The quantitative estimate of drug-likeness (QED) is 0.249. The fraction of sp³-hybridized carbons (Fsp3) is 0.103. The molecule has 3 aromatic carbocycles. The summed E-state index contributed by atoms with van der Waals surface area (Å²) in [5, 5.41) is 0.129. The Morgan fingerprint density at radius 1 is 0.889 bits per heavy atom. The van der Waals surface area contributed by atoms with Gasteiger partial charge in [0.25, 0.3) is 11.1 Å². The van der Waals surface area contributed by atoms with E-state index in [9.17, 15) is 9.59 Å². The number of amides is 2. The Bertz CT molecular complexity index is 1480. The van der Waals surface area contributed by atoms with Crippen LogP contribution in [0.2, 0.25) is 5.02 Å². The first kappa shape index (κ1) is 24.0. The van der Waals surface area contributed by atoms with Crippen LogP contribution in [-0.4, -0.2) is 15.7 Å². The SMILES string of the molecule is Cc1cc(/C=C2/SC(=O)N(c3cccc(Cl)c3)C2=O)c(C)n1-c1ccc(OCc2ccccc2)cc1. The lowest BCUT2D eigenvalue weighted by Crippen LogP contribution is -2.27. The molecular formula is C29H23ClN2O3S. The number of ether oxygens (including phenoxy) is 1. The molecule has 1 aromatic heterocycles. The zero-order valence-corrected chi connectivity index (χ0v) is 21.3. The van der Waals surface area contributed by atoms with Crippen molar-refractivity contribution in [3.63, 3.8) is 0 Å². The van der Waals surface area contributed by atoms with E-state index in [-0.39, 0.29) is 11.1 Å². The highest BCUT2D eigenvalue weighted by Gasteiger charge is 2.36. The fourth-order valence-electron chi connectivity index (χ4n) is 4.21. The van der Waals surface area contributed by atoms with Crippen molar-refractivity contribution in [3.8, 4) is 11.4 Å². The van der Waals surface area contributed by atoms with Crippen molar-refractivity contribution >= 4 is 46.3 Å². The summed E-state index contributed by atoms with van der Waals surface area (Å²) in [5.74, 6) is 0.442. The Hall–Kier alpha value is -3.74. The van der Waals surface area contributed by atoms with Gasteiger partial charge in [-0.05, 0) is 91.3 Å². The van der Waals surface area contributed by atoms with Gasteiger partial charge in [-0.2, -0.15) is 0 Å². The summed E-state index contributed by atoms with van der Waals surface area (Å²) in [7, 11) is 0. The minimum absolute atomic E-state index is 0.339. The van der Waals surface area contributed by atoms with Crippen LogP contribution >= 0.6 is 23.4 Å². The summed E-state index contributed by atoms with van der Waals surface area (Å²) < 4.78 is 8.03. The molecule has 1 aliphatic heterocycles. The number of benzene rings is 3. The average molecular weight is 515 g/mol. The number of imide groups is 1. The van der Waals surface area contributed by atoms with E-state index in [2.05, 4.69) is 4.57 Å². The molecule has 5 nitrogen and oxygen atoms in total. The third kappa shape index (κ3) is 4.83. The topological polar surface area (TPSA) is 51.5 Å². The van der Waals surface area contributed by atoms with Crippen molar-refractivity contribution in [2.75, 3.05) is 4.90 Å². The molecule has 180 valence electrons. The van der Waals surface area contributed by atoms with Gasteiger partial charge in [0.15, 0.2) is 0 Å². The lowest BCUT2D eigenvalue weighted by Gasteiger charge is -2.12. The summed E-state index contributed by atoms with van der Waals surface area (Å²) >= 11 is 6.99. The zero-order valence-electron chi connectivity index (χ0n) is 19.8. The second-order valence-corrected chi connectivity index (χ2v) is 9.86. The highest BCUT2D eigenvalue weighted by molar-refractivity contribution is 8.19. The van der Waals surface area contributed by atoms with Crippen LogP contribution in [0.25, 0.3) is 11.8 Å². The Morgan fingerprint density at radius 3 is 2.36 bits per heavy atom. The van der Waals surface area contributed by atoms with Gasteiger partial charge >= 0.3 is 0 Å². The predicted octanol–water partition coefficient (Wildman–Crippen LogP) is 7.57. The number of halogens is 1. The fourth-order valence-corrected chi connectivity index (χ4v) is 5.23. The van der Waals surface area contributed by atoms with E-state index in [0.29, 0.717) is 22.2 Å². The molecule has 1 fully saturated rings. The van der Waals surface area contributed by atoms with E-state index in [1.807, 2.05) is 74.5 Å². The average Bonchev–Trinajstić information content (AvgIpc) is 3.32. The van der Waals surface area contributed by atoms with Crippen LogP contribution in [0, 0.1) is 13.8 Å². The molecular weight excluding hydrogens is 492 g/mol. The number of anilines is 1. The predicted molar refractivity (Wildman–Crippen MR) is 146 cm³/mol. The summed E-state index contributed by atoms with van der Waals surface area (Å²) in [6, 6.07) is 26.7. The van der Waals surface area contributed by atoms with Crippen molar-refractivity contribution in [2.24, 2.45) is 0 Å². The Labute approximate surface area is 219 Å². The van der Waals surface area contributed by atoms with Gasteiger partial charge in [0.05, 0.1) is 10.6 Å². The number of nitrogens with zero attached hydrogens (tertiary/aromatic N) is 2. The first-order valence-electron chi connectivity index (χ1n) is 11.4. The molecule has 0 aliphatic carbocycles. The Morgan fingerprint density at radius 2 is 1.64 bits per heavy atom. The third-order valence-electron chi connectivity index (χ3n) is 5.96. The highest BCUT2D eigenvalue weighted by atomic mass is 35.5. The monoisotopic (exact) mass is 514 g/mol. The summed E-state index contributed by atoms with van der Waals surface area (Å²) in [6.07, 6.45) is 1.78. The summed E-state index contributed by atoms with van der Waals surface area (Å²) in [5.41, 5.74) is 5.44. The van der Waals surface area contributed by atoms with Gasteiger partial charge in [0, 0.05) is 22.1 Å². The van der Waals surface area contributed by atoms with Crippen molar-refractivity contribution in [1.29, 1.82) is 0 Å². The van der Waals surface area contributed by atoms with Crippen molar-refractivity contribution < 1.29 is 14.3 Å². The number of aryl methyl sites for hydroxylation is 1. The van der Waals surface area contributed by atoms with Gasteiger partial charge in [-0.15, -0.1) is 0 Å². The molecule has 1 aliphatic rings. The number of thioether (sulfide) groups is 1. The highest BCUT2D eigenvalue weighted by Crippen LogP contribution is 2.37. The number of rotatable bonds is 6. The number of hydrogen-bond donors (Lipinski definition) is 0. The van der Waals surface area contributed by atoms with E-state index in [0.717, 1.165) is 50.6 Å². The lowest BCUT2D eigenvalue weighted by atomic mass is 10.2. The van der Waals surface area contributed by atoms with Crippen LogP contribution in [0.15, 0.2) is 89.8 Å². The lowest BCUT2D eigenvalue weighted by molar-refractivity contribution is -0.113. The minimum Gasteiger partial charge on any atom is -0.489 e.